The van der Waals surface area contributed by atoms with Crippen LogP contribution in [-0.2, 0) is 13.0 Å². The van der Waals surface area contributed by atoms with Crippen molar-refractivity contribution in [2.45, 2.75) is 26.3 Å². The summed E-state index contributed by atoms with van der Waals surface area (Å²) in [5.74, 6) is 0.536. The van der Waals surface area contributed by atoms with Gasteiger partial charge in [-0.15, -0.1) is 0 Å². The van der Waals surface area contributed by atoms with Crippen LogP contribution in [0.2, 0.25) is 0 Å². The molecule has 0 saturated carbocycles. The van der Waals surface area contributed by atoms with Crippen molar-refractivity contribution < 1.29 is 9.53 Å². The van der Waals surface area contributed by atoms with Crippen LogP contribution in [0, 0.1) is 0 Å². The van der Waals surface area contributed by atoms with E-state index >= 15 is 0 Å². The molecule has 0 atom stereocenters. The fourth-order valence-electron chi connectivity index (χ4n) is 2.02. The van der Waals surface area contributed by atoms with Gasteiger partial charge in [0.15, 0.2) is 0 Å². The third-order valence-electron chi connectivity index (χ3n) is 3.10. The first-order chi connectivity index (χ1) is 10.1. The third-order valence-corrected chi connectivity index (χ3v) is 3.10. The maximum Gasteiger partial charge on any atom is 0.273 e. The van der Waals surface area contributed by atoms with Crippen molar-refractivity contribution in [2.24, 2.45) is 5.73 Å². The maximum atomic E-state index is 12.0. The van der Waals surface area contributed by atoms with Gasteiger partial charge in [0.05, 0.1) is 12.3 Å². The largest absolute Gasteiger partial charge is 0.494 e. The number of nitrogens with two attached hydrogens (primary N) is 1. The molecule has 0 aliphatic heterocycles. The van der Waals surface area contributed by atoms with Crippen LogP contribution in [0.4, 0.5) is 0 Å². The number of H-pyrrole nitrogens is 1. The molecular weight excluding hydrogens is 270 g/mol. The molecule has 6 nitrogen and oxygen atoms in total. The molecule has 1 aromatic carbocycles. The van der Waals surface area contributed by atoms with Gasteiger partial charge < -0.3 is 10.5 Å². The molecule has 112 valence electrons. The fourth-order valence-corrected chi connectivity index (χ4v) is 2.02. The van der Waals surface area contributed by atoms with Gasteiger partial charge in [0.1, 0.15) is 5.75 Å². The number of ether oxygens (including phenoxy) is 1. The summed E-state index contributed by atoms with van der Waals surface area (Å²) >= 11 is 0. The molecule has 0 radical (unpaired) electrons. The van der Waals surface area contributed by atoms with Crippen molar-refractivity contribution >= 4 is 5.91 Å². The summed E-state index contributed by atoms with van der Waals surface area (Å²) in [7, 11) is 0. The van der Waals surface area contributed by atoms with Gasteiger partial charge in [0.2, 0.25) is 5.91 Å². The Hall–Kier alpha value is -2.34. The molecule has 3 N–H and O–H groups in total. The standard InChI is InChI=1S/C15H19N3O3/c1-2-21-13-6-3-11(4-7-13)5-8-14(19)18-15(20)9-12(10-16)17-18/h3-4,6-7,9,17H,2,5,8,10,16H2,1H3. The minimum Gasteiger partial charge on any atom is -0.494 e. The molecule has 0 bridgehead atoms. The van der Waals surface area contributed by atoms with Crippen LogP contribution in [-0.4, -0.2) is 22.3 Å². The first kappa shape index (κ1) is 15.1. The van der Waals surface area contributed by atoms with E-state index < -0.39 is 0 Å². The molecule has 1 aromatic heterocycles. The highest BCUT2D eigenvalue weighted by molar-refractivity contribution is 5.78. The zero-order valence-electron chi connectivity index (χ0n) is 12.0. The van der Waals surface area contributed by atoms with E-state index in [4.69, 9.17) is 10.5 Å². The Morgan fingerprint density at radius 2 is 2.05 bits per heavy atom. The lowest BCUT2D eigenvalue weighted by Crippen LogP contribution is -2.24. The smallest absolute Gasteiger partial charge is 0.273 e. The molecule has 0 spiro atoms. The highest BCUT2D eigenvalue weighted by Crippen LogP contribution is 2.13. The Labute approximate surface area is 122 Å². The van der Waals surface area contributed by atoms with Crippen LogP contribution < -0.4 is 16.0 Å². The number of carbonyl (C=O) groups is 1. The number of rotatable bonds is 6. The molecular formula is C15H19N3O3. The fraction of sp³-hybridized carbons (Fsp3) is 0.333. The van der Waals surface area contributed by atoms with Crippen LogP contribution >= 0.6 is 0 Å². The van der Waals surface area contributed by atoms with Crippen LogP contribution in [0.25, 0.3) is 0 Å². The first-order valence-electron chi connectivity index (χ1n) is 6.90. The van der Waals surface area contributed by atoms with Crippen molar-refractivity contribution in [1.82, 2.24) is 9.78 Å². The molecule has 0 fully saturated rings. The SMILES string of the molecule is CCOc1ccc(CCC(=O)n2[nH]c(CN)cc2=O)cc1. The summed E-state index contributed by atoms with van der Waals surface area (Å²) in [6, 6.07) is 8.92. The lowest BCUT2D eigenvalue weighted by atomic mass is 10.1. The highest BCUT2D eigenvalue weighted by Gasteiger charge is 2.10. The average molecular weight is 289 g/mol. The number of hydrogen-bond acceptors (Lipinski definition) is 4. The van der Waals surface area contributed by atoms with Crippen molar-refractivity contribution in [2.75, 3.05) is 6.61 Å². The van der Waals surface area contributed by atoms with Crippen molar-refractivity contribution in [3.05, 3.63) is 51.9 Å². The summed E-state index contributed by atoms with van der Waals surface area (Å²) in [6.07, 6.45) is 0.813. The Morgan fingerprint density at radius 3 is 2.62 bits per heavy atom. The molecule has 2 aromatic rings. The molecule has 0 unspecified atom stereocenters. The predicted molar refractivity (Wildman–Crippen MR) is 79.5 cm³/mol. The van der Waals surface area contributed by atoms with Crippen molar-refractivity contribution in [1.29, 1.82) is 0 Å². The summed E-state index contributed by atoms with van der Waals surface area (Å²) < 4.78 is 6.37. The Balaban J connectivity index is 1.97. The normalized spacial score (nSPS) is 10.6. The second kappa shape index (κ2) is 6.90. The predicted octanol–water partition coefficient (Wildman–Crippen LogP) is 1.31. The molecule has 1 heterocycles. The van der Waals surface area contributed by atoms with Crippen LogP contribution in [0.3, 0.4) is 0 Å². The topological polar surface area (TPSA) is 90.1 Å². The number of nitrogens with zero attached hydrogens (tertiary/aromatic N) is 1. The molecule has 21 heavy (non-hydrogen) atoms. The van der Waals surface area contributed by atoms with E-state index in [-0.39, 0.29) is 24.4 Å². The van der Waals surface area contributed by atoms with Crippen LogP contribution in [0.5, 0.6) is 5.75 Å². The number of nitrogens with one attached hydrogen (secondary N) is 1. The van der Waals surface area contributed by atoms with Gasteiger partial charge in [-0.1, -0.05) is 12.1 Å². The molecule has 6 heteroatoms. The van der Waals surface area contributed by atoms with Gasteiger partial charge in [-0.05, 0) is 31.0 Å². The first-order valence-corrected chi connectivity index (χ1v) is 6.90. The molecule has 0 saturated heterocycles. The van der Waals surface area contributed by atoms with Gasteiger partial charge >= 0.3 is 0 Å². The summed E-state index contributed by atoms with van der Waals surface area (Å²) in [5.41, 5.74) is 6.63. The van der Waals surface area contributed by atoms with Crippen LogP contribution in [0.15, 0.2) is 35.1 Å². The van der Waals surface area contributed by atoms with Crippen LogP contribution in [0.1, 0.15) is 29.4 Å². The average Bonchev–Trinajstić information content (AvgIpc) is 2.88. The minimum atomic E-state index is -0.368. The van der Waals surface area contributed by atoms with Crippen molar-refractivity contribution in [3.63, 3.8) is 0 Å². The monoisotopic (exact) mass is 289 g/mol. The molecule has 0 aliphatic carbocycles. The number of aryl methyl sites for hydroxylation is 1. The Kier molecular flexibility index (Phi) is 4.94. The Morgan fingerprint density at radius 1 is 1.33 bits per heavy atom. The number of aromatic amines is 1. The third kappa shape index (κ3) is 3.82. The highest BCUT2D eigenvalue weighted by atomic mass is 16.5. The lowest BCUT2D eigenvalue weighted by Gasteiger charge is -2.05. The van der Waals surface area contributed by atoms with E-state index in [1.165, 1.54) is 6.07 Å². The number of aromatic nitrogens is 2. The van der Waals surface area contributed by atoms with E-state index in [1.807, 2.05) is 31.2 Å². The van der Waals surface area contributed by atoms with Gasteiger partial charge in [-0.3, -0.25) is 14.7 Å². The Bertz CT molecular complexity index is 656. The maximum absolute atomic E-state index is 12.0. The van der Waals surface area contributed by atoms with E-state index in [0.717, 1.165) is 16.0 Å². The van der Waals surface area contributed by atoms with Gasteiger partial charge in [-0.25, -0.2) is 0 Å². The summed E-state index contributed by atoms with van der Waals surface area (Å²) in [5, 5.41) is 2.70. The van der Waals surface area contributed by atoms with Gasteiger partial charge in [-0.2, -0.15) is 4.68 Å². The van der Waals surface area contributed by atoms with Crippen molar-refractivity contribution in [3.8, 4) is 5.75 Å². The van der Waals surface area contributed by atoms with Gasteiger partial charge in [0, 0.05) is 19.0 Å². The van der Waals surface area contributed by atoms with E-state index in [2.05, 4.69) is 5.10 Å². The zero-order valence-corrected chi connectivity index (χ0v) is 12.0. The van der Waals surface area contributed by atoms with Gasteiger partial charge in [0.25, 0.3) is 5.56 Å². The van der Waals surface area contributed by atoms with E-state index in [1.54, 1.807) is 0 Å². The number of hydrogen-bond donors (Lipinski definition) is 2. The van der Waals surface area contributed by atoms with E-state index in [0.29, 0.717) is 18.7 Å². The number of carbonyl (C=O) groups excluding carboxylic acids is 1. The quantitative estimate of drug-likeness (QED) is 0.839. The zero-order chi connectivity index (χ0) is 15.2. The molecule has 0 amide bonds. The molecule has 2 rings (SSSR count). The number of benzene rings is 1. The summed E-state index contributed by atoms with van der Waals surface area (Å²) in [6.45, 7) is 2.75. The molecule has 0 aliphatic rings. The summed E-state index contributed by atoms with van der Waals surface area (Å²) in [4.78, 5) is 23.6. The second-order valence-corrected chi connectivity index (χ2v) is 4.63. The second-order valence-electron chi connectivity index (χ2n) is 4.63. The van der Waals surface area contributed by atoms with E-state index in [9.17, 15) is 9.59 Å². The minimum absolute atomic E-state index is 0.203. The lowest BCUT2D eigenvalue weighted by molar-refractivity contribution is 0.0882.